The van der Waals surface area contributed by atoms with E-state index >= 15 is 0 Å². The van der Waals surface area contributed by atoms with Crippen molar-refractivity contribution in [2.45, 2.75) is 24.2 Å². The summed E-state index contributed by atoms with van der Waals surface area (Å²) >= 11 is 4.20. The molecular weight excluding hydrogens is 230 g/mol. The van der Waals surface area contributed by atoms with Gasteiger partial charge in [-0.3, -0.25) is 4.79 Å². The molecule has 1 aromatic rings. The summed E-state index contributed by atoms with van der Waals surface area (Å²) < 4.78 is 0. The average Bonchev–Trinajstić information content (AvgIpc) is 2.38. The SMILES string of the molecule is O=C(NCC1CC=CCC1)c1ccc(S)cc1. The van der Waals surface area contributed by atoms with Gasteiger partial charge >= 0.3 is 0 Å². The molecule has 0 bridgehead atoms. The minimum absolute atomic E-state index is 0.00730. The Bertz CT molecular complexity index is 411. The zero-order chi connectivity index (χ0) is 12.1. The van der Waals surface area contributed by atoms with Crippen LogP contribution in [0.4, 0.5) is 0 Å². The van der Waals surface area contributed by atoms with Crippen molar-refractivity contribution in [1.29, 1.82) is 0 Å². The molecular formula is C14H17NOS. The standard InChI is InChI=1S/C14H17NOS/c16-14(12-6-8-13(17)9-7-12)15-10-11-4-2-1-3-5-11/h1-2,6-9,11,17H,3-5,10H2,(H,15,16). The molecule has 17 heavy (non-hydrogen) atoms. The summed E-state index contributed by atoms with van der Waals surface area (Å²) in [4.78, 5) is 12.7. The number of rotatable bonds is 3. The minimum Gasteiger partial charge on any atom is -0.352 e. The summed E-state index contributed by atoms with van der Waals surface area (Å²) in [7, 11) is 0. The van der Waals surface area contributed by atoms with E-state index in [1.165, 1.54) is 6.42 Å². The van der Waals surface area contributed by atoms with Crippen molar-refractivity contribution in [2.75, 3.05) is 6.54 Å². The number of carbonyl (C=O) groups is 1. The van der Waals surface area contributed by atoms with Gasteiger partial charge in [-0.15, -0.1) is 12.6 Å². The van der Waals surface area contributed by atoms with Crippen molar-refractivity contribution in [3.8, 4) is 0 Å². The molecule has 1 atom stereocenters. The Morgan fingerprint density at radius 1 is 1.29 bits per heavy atom. The normalized spacial score (nSPS) is 19.0. The lowest BCUT2D eigenvalue weighted by Crippen LogP contribution is -2.29. The third kappa shape index (κ3) is 3.63. The van der Waals surface area contributed by atoms with Gasteiger partial charge < -0.3 is 5.32 Å². The molecule has 2 nitrogen and oxygen atoms in total. The van der Waals surface area contributed by atoms with Gasteiger partial charge in [0.25, 0.3) is 5.91 Å². The molecule has 1 aromatic carbocycles. The lowest BCUT2D eigenvalue weighted by molar-refractivity contribution is 0.0946. The predicted molar refractivity (Wildman–Crippen MR) is 72.5 cm³/mol. The second kappa shape index (κ2) is 5.92. The Morgan fingerprint density at radius 2 is 2.06 bits per heavy atom. The molecule has 1 N–H and O–H groups in total. The molecule has 0 saturated heterocycles. The van der Waals surface area contributed by atoms with Gasteiger partial charge in [-0.05, 0) is 49.4 Å². The monoisotopic (exact) mass is 247 g/mol. The molecule has 90 valence electrons. The van der Waals surface area contributed by atoms with E-state index in [4.69, 9.17) is 0 Å². The van der Waals surface area contributed by atoms with Crippen molar-refractivity contribution in [3.63, 3.8) is 0 Å². The van der Waals surface area contributed by atoms with Crippen LogP contribution in [0.25, 0.3) is 0 Å². The van der Waals surface area contributed by atoms with Crippen LogP contribution in [-0.2, 0) is 0 Å². The van der Waals surface area contributed by atoms with Crippen LogP contribution in [0.15, 0.2) is 41.3 Å². The first-order chi connectivity index (χ1) is 8.25. The molecule has 3 heteroatoms. The summed E-state index contributed by atoms with van der Waals surface area (Å²) in [6.45, 7) is 0.770. The van der Waals surface area contributed by atoms with Gasteiger partial charge in [-0.1, -0.05) is 12.2 Å². The van der Waals surface area contributed by atoms with Crippen LogP contribution in [0.3, 0.4) is 0 Å². The Morgan fingerprint density at radius 3 is 2.71 bits per heavy atom. The maximum Gasteiger partial charge on any atom is 0.251 e. The van der Waals surface area contributed by atoms with E-state index in [2.05, 4.69) is 30.1 Å². The lowest BCUT2D eigenvalue weighted by Gasteiger charge is -2.18. The van der Waals surface area contributed by atoms with E-state index < -0.39 is 0 Å². The van der Waals surface area contributed by atoms with Gasteiger partial charge in [-0.25, -0.2) is 0 Å². The molecule has 1 aliphatic carbocycles. The Kier molecular flexibility index (Phi) is 4.26. The number of nitrogens with one attached hydrogen (secondary N) is 1. The zero-order valence-electron chi connectivity index (χ0n) is 9.73. The van der Waals surface area contributed by atoms with E-state index in [1.54, 1.807) is 12.1 Å². The minimum atomic E-state index is 0.00730. The van der Waals surface area contributed by atoms with E-state index in [9.17, 15) is 4.79 Å². The van der Waals surface area contributed by atoms with Crippen LogP contribution in [-0.4, -0.2) is 12.5 Å². The predicted octanol–water partition coefficient (Wildman–Crippen LogP) is 3.06. The topological polar surface area (TPSA) is 29.1 Å². The molecule has 1 aliphatic rings. The summed E-state index contributed by atoms with van der Waals surface area (Å²) in [6, 6.07) is 7.28. The second-order valence-corrected chi connectivity index (χ2v) is 4.92. The first-order valence-electron chi connectivity index (χ1n) is 5.98. The molecule has 0 saturated carbocycles. The lowest BCUT2D eigenvalue weighted by atomic mass is 9.94. The molecule has 1 unspecified atom stereocenters. The fourth-order valence-corrected chi connectivity index (χ4v) is 2.14. The third-order valence-corrected chi connectivity index (χ3v) is 3.36. The molecule has 0 heterocycles. The Balaban J connectivity index is 1.84. The number of thiol groups is 1. The van der Waals surface area contributed by atoms with Crippen LogP contribution in [0.1, 0.15) is 29.6 Å². The smallest absolute Gasteiger partial charge is 0.251 e. The average molecular weight is 247 g/mol. The van der Waals surface area contributed by atoms with Crippen LogP contribution in [0.5, 0.6) is 0 Å². The van der Waals surface area contributed by atoms with Crippen LogP contribution >= 0.6 is 12.6 Å². The fraction of sp³-hybridized carbons (Fsp3) is 0.357. The van der Waals surface area contributed by atoms with Gasteiger partial charge in [-0.2, -0.15) is 0 Å². The molecule has 0 radical (unpaired) electrons. The fourth-order valence-electron chi connectivity index (χ4n) is 1.99. The highest BCUT2D eigenvalue weighted by Crippen LogP contribution is 2.17. The molecule has 2 rings (SSSR count). The van der Waals surface area contributed by atoms with Crippen LogP contribution in [0, 0.1) is 5.92 Å². The zero-order valence-corrected chi connectivity index (χ0v) is 10.6. The van der Waals surface area contributed by atoms with E-state index in [0.717, 1.165) is 24.3 Å². The largest absolute Gasteiger partial charge is 0.352 e. The van der Waals surface area contributed by atoms with Crippen molar-refractivity contribution < 1.29 is 4.79 Å². The van der Waals surface area contributed by atoms with Gasteiger partial charge in [0.2, 0.25) is 0 Å². The molecule has 0 aromatic heterocycles. The number of benzene rings is 1. The van der Waals surface area contributed by atoms with Crippen molar-refractivity contribution in [1.82, 2.24) is 5.32 Å². The first kappa shape index (κ1) is 12.2. The van der Waals surface area contributed by atoms with Crippen molar-refractivity contribution in [3.05, 3.63) is 42.0 Å². The van der Waals surface area contributed by atoms with Gasteiger partial charge in [0.15, 0.2) is 0 Å². The molecule has 0 spiro atoms. The van der Waals surface area contributed by atoms with E-state index in [-0.39, 0.29) is 5.91 Å². The maximum atomic E-state index is 11.8. The Labute approximate surface area is 108 Å². The summed E-state index contributed by atoms with van der Waals surface area (Å²) in [6.07, 6.45) is 7.80. The van der Waals surface area contributed by atoms with Gasteiger partial charge in [0.1, 0.15) is 0 Å². The molecule has 0 fully saturated rings. The highest BCUT2D eigenvalue weighted by molar-refractivity contribution is 7.80. The summed E-state index contributed by atoms with van der Waals surface area (Å²) in [5.41, 5.74) is 0.703. The van der Waals surface area contributed by atoms with Crippen LogP contribution < -0.4 is 5.32 Å². The summed E-state index contributed by atoms with van der Waals surface area (Å²) in [5, 5.41) is 2.99. The van der Waals surface area contributed by atoms with E-state index in [1.807, 2.05) is 12.1 Å². The van der Waals surface area contributed by atoms with Gasteiger partial charge in [0, 0.05) is 17.0 Å². The number of hydrogen-bond donors (Lipinski definition) is 2. The maximum absolute atomic E-state index is 11.8. The number of carbonyl (C=O) groups excluding carboxylic acids is 1. The quantitative estimate of drug-likeness (QED) is 0.624. The third-order valence-electron chi connectivity index (χ3n) is 3.06. The molecule has 0 aliphatic heterocycles. The van der Waals surface area contributed by atoms with Crippen molar-refractivity contribution in [2.24, 2.45) is 5.92 Å². The van der Waals surface area contributed by atoms with Crippen molar-refractivity contribution >= 4 is 18.5 Å². The Hall–Kier alpha value is -1.22. The van der Waals surface area contributed by atoms with E-state index in [0.29, 0.717) is 11.5 Å². The van der Waals surface area contributed by atoms with Gasteiger partial charge in [0.05, 0.1) is 0 Å². The number of allylic oxidation sites excluding steroid dienone is 2. The second-order valence-electron chi connectivity index (χ2n) is 4.41. The highest BCUT2D eigenvalue weighted by atomic mass is 32.1. The summed E-state index contributed by atoms with van der Waals surface area (Å²) in [5.74, 6) is 0.598. The highest BCUT2D eigenvalue weighted by Gasteiger charge is 2.11. The molecule has 1 amide bonds. The number of amides is 1. The van der Waals surface area contributed by atoms with Crippen LogP contribution in [0.2, 0.25) is 0 Å². The first-order valence-corrected chi connectivity index (χ1v) is 6.42. The number of hydrogen-bond acceptors (Lipinski definition) is 2.